The Hall–Kier alpha value is -1.70. The molecular weight excluding hydrogens is 176 g/mol. The lowest BCUT2D eigenvalue weighted by molar-refractivity contribution is 0.341. The Labute approximate surface area is 84.5 Å². The van der Waals surface area contributed by atoms with Gasteiger partial charge in [-0.25, -0.2) is 0 Å². The molecule has 1 aromatic carbocycles. The van der Waals surface area contributed by atoms with Gasteiger partial charge in [0.15, 0.2) is 0 Å². The predicted octanol–water partition coefficient (Wildman–Crippen LogP) is 2.92. The van der Waals surface area contributed by atoms with Crippen LogP contribution in [0.4, 0.5) is 0 Å². The number of rotatable bonds is 4. The predicted molar refractivity (Wildman–Crippen MR) is 58.5 cm³/mol. The molecule has 0 aliphatic carbocycles. The summed E-state index contributed by atoms with van der Waals surface area (Å²) in [5.41, 5.74) is 2.22. The first kappa shape index (κ1) is 10.4. The van der Waals surface area contributed by atoms with E-state index in [9.17, 15) is 0 Å². The topological polar surface area (TPSA) is 18.5 Å². The van der Waals surface area contributed by atoms with Crippen LogP contribution in [0.1, 0.15) is 11.1 Å². The van der Waals surface area contributed by atoms with Gasteiger partial charge in [0.25, 0.3) is 0 Å². The van der Waals surface area contributed by atoms with Crippen LogP contribution in [0.5, 0.6) is 0 Å². The molecule has 74 valence electrons. The zero-order valence-electron chi connectivity index (χ0n) is 8.44. The molecule has 1 rings (SSSR count). The molecule has 0 aromatic heterocycles. The minimum Gasteiger partial charge on any atom is -0.504 e. The van der Waals surface area contributed by atoms with E-state index in [1.807, 2.05) is 36.4 Å². The highest BCUT2D eigenvalue weighted by Crippen LogP contribution is 2.07. The van der Waals surface area contributed by atoms with Gasteiger partial charge in [-0.2, -0.15) is 0 Å². The lowest BCUT2D eigenvalue weighted by Gasteiger charge is -1.95. The normalized spacial score (nSPS) is 11.0. The van der Waals surface area contributed by atoms with Crippen molar-refractivity contribution in [3.05, 3.63) is 47.9 Å². The third-order valence-electron chi connectivity index (χ3n) is 1.73. The van der Waals surface area contributed by atoms with E-state index in [0.29, 0.717) is 0 Å². The third-order valence-corrected chi connectivity index (χ3v) is 1.73. The number of hydrogen-bond acceptors (Lipinski definition) is 2. The quantitative estimate of drug-likeness (QED) is 0.679. The fourth-order valence-corrected chi connectivity index (χ4v) is 1.01. The molecule has 0 amide bonds. The minimum absolute atomic E-state index is 1.11. The number of ether oxygens (including phenoxy) is 2. The van der Waals surface area contributed by atoms with E-state index in [4.69, 9.17) is 9.47 Å². The van der Waals surface area contributed by atoms with Crippen LogP contribution in [0.15, 0.2) is 36.8 Å². The van der Waals surface area contributed by atoms with Crippen molar-refractivity contribution in [2.45, 2.75) is 0 Å². The highest BCUT2D eigenvalue weighted by molar-refractivity contribution is 5.54. The zero-order chi connectivity index (χ0) is 10.2. The molecule has 0 aliphatic heterocycles. The summed E-state index contributed by atoms with van der Waals surface area (Å²) in [7, 11) is 3.26. The van der Waals surface area contributed by atoms with Crippen LogP contribution in [0, 0.1) is 0 Å². The van der Waals surface area contributed by atoms with E-state index < -0.39 is 0 Å². The minimum atomic E-state index is 1.11. The first-order valence-corrected chi connectivity index (χ1v) is 4.35. The summed E-state index contributed by atoms with van der Waals surface area (Å²) in [6.07, 6.45) is 7.12. The molecule has 0 atom stereocenters. The summed E-state index contributed by atoms with van der Waals surface area (Å²) in [4.78, 5) is 0. The Morgan fingerprint density at radius 2 is 1.14 bits per heavy atom. The summed E-state index contributed by atoms with van der Waals surface area (Å²) in [6.45, 7) is 0. The van der Waals surface area contributed by atoms with Crippen molar-refractivity contribution in [3.8, 4) is 0 Å². The van der Waals surface area contributed by atoms with Gasteiger partial charge in [-0.1, -0.05) is 24.3 Å². The zero-order valence-corrected chi connectivity index (χ0v) is 8.44. The van der Waals surface area contributed by atoms with E-state index in [1.54, 1.807) is 26.7 Å². The van der Waals surface area contributed by atoms with E-state index >= 15 is 0 Å². The van der Waals surface area contributed by atoms with Crippen LogP contribution in [0.2, 0.25) is 0 Å². The fraction of sp³-hybridized carbons (Fsp3) is 0.167. The summed E-state index contributed by atoms with van der Waals surface area (Å²) in [5, 5.41) is 0. The lowest BCUT2D eigenvalue weighted by Crippen LogP contribution is -1.75. The van der Waals surface area contributed by atoms with Crippen molar-refractivity contribution in [2.75, 3.05) is 14.2 Å². The first-order valence-electron chi connectivity index (χ1n) is 4.35. The number of methoxy groups -OCH3 is 2. The highest BCUT2D eigenvalue weighted by Gasteiger charge is 1.87. The largest absolute Gasteiger partial charge is 0.504 e. The Morgan fingerprint density at radius 1 is 0.786 bits per heavy atom. The Bertz CT molecular complexity index is 277. The van der Waals surface area contributed by atoms with Gasteiger partial charge >= 0.3 is 0 Å². The van der Waals surface area contributed by atoms with Gasteiger partial charge in [0.05, 0.1) is 26.7 Å². The maximum Gasteiger partial charge on any atom is 0.0830 e. The van der Waals surface area contributed by atoms with Gasteiger partial charge in [-0.05, 0) is 23.3 Å². The van der Waals surface area contributed by atoms with E-state index in [2.05, 4.69) is 0 Å². The molecule has 0 aliphatic rings. The van der Waals surface area contributed by atoms with Crippen LogP contribution in [-0.2, 0) is 9.47 Å². The second kappa shape index (κ2) is 5.86. The average Bonchev–Trinajstić information content (AvgIpc) is 2.25. The lowest BCUT2D eigenvalue weighted by atomic mass is 10.1. The second-order valence-electron chi connectivity index (χ2n) is 2.74. The fourth-order valence-electron chi connectivity index (χ4n) is 1.01. The van der Waals surface area contributed by atoms with Crippen molar-refractivity contribution in [1.82, 2.24) is 0 Å². The van der Waals surface area contributed by atoms with E-state index in [-0.39, 0.29) is 0 Å². The molecule has 0 radical (unpaired) electrons. The molecule has 0 spiro atoms. The summed E-state index contributed by atoms with van der Waals surface area (Å²) in [5.74, 6) is 0. The molecule has 14 heavy (non-hydrogen) atoms. The Kier molecular flexibility index (Phi) is 4.35. The molecule has 1 aromatic rings. The molecule has 0 saturated heterocycles. The SMILES string of the molecule is CO/C=C/c1ccc(/C=C/OC)cc1. The van der Waals surface area contributed by atoms with Crippen LogP contribution < -0.4 is 0 Å². The van der Waals surface area contributed by atoms with Gasteiger partial charge < -0.3 is 9.47 Å². The van der Waals surface area contributed by atoms with E-state index in [0.717, 1.165) is 11.1 Å². The molecule has 2 nitrogen and oxygen atoms in total. The molecule has 0 bridgehead atoms. The van der Waals surface area contributed by atoms with E-state index in [1.165, 1.54) is 0 Å². The van der Waals surface area contributed by atoms with Gasteiger partial charge in [0.2, 0.25) is 0 Å². The number of benzene rings is 1. The molecule has 0 heterocycles. The standard InChI is InChI=1S/C12H14O2/c1-13-9-7-11-3-5-12(6-4-11)8-10-14-2/h3-10H,1-2H3/b9-7+,10-8+. The van der Waals surface area contributed by atoms with Crippen molar-refractivity contribution < 1.29 is 9.47 Å². The third kappa shape index (κ3) is 3.35. The molecule has 0 unspecified atom stereocenters. The summed E-state index contributed by atoms with van der Waals surface area (Å²) >= 11 is 0. The monoisotopic (exact) mass is 190 g/mol. The van der Waals surface area contributed by atoms with Gasteiger partial charge in [0.1, 0.15) is 0 Å². The van der Waals surface area contributed by atoms with Crippen LogP contribution in [0.25, 0.3) is 12.2 Å². The van der Waals surface area contributed by atoms with Crippen molar-refractivity contribution >= 4 is 12.2 Å². The molecular formula is C12H14O2. The van der Waals surface area contributed by atoms with Crippen molar-refractivity contribution in [1.29, 1.82) is 0 Å². The smallest absolute Gasteiger partial charge is 0.0830 e. The average molecular weight is 190 g/mol. The van der Waals surface area contributed by atoms with Gasteiger partial charge in [-0.15, -0.1) is 0 Å². The summed E-state index contributed by atoms with van der Waals surface area (Å²) in [6, 6.07) is 8.07. The summed E-state index contributed by atoms with van der Waals surface area (Å²) < 4.78 is 9.65. The number of hydrogen-bond donors (Lipinski definition) is 0. The molecule has 0 N–H and O–H groups in total. The molecule has 2 heteroatoms. The van der Waals surface area contributed by atoms with Crippen LogP contribution in [0.3, 0.4) is 0 Å². The van der Waals surface area contributed by atoms with Crippen molar-refractivity contribution in [3.63, 3.8) is 0 Å². The van der Waals surface area contributed by atoms with Crippen LogP contribution >= 0.6 is 0 Å². The van der Waals surface area contributed by atoms with Gasteiger partial charge in [0, 0.05) is 0 Å². The van der Waals surface area contributed by atoms with Crippen molar-refractivity contribution in [2.24, 2.45) is 0 Å². The molecule has 0 saturated carbocycles. The van der Waals surface area contributed by atoms with Crippen LogP contribution in [-0.4, -0.2) is 14.2 Å². The Balaban J connectivity index is 2.68. The maximum absolute atomic E-state index is 4.83. The Morgan fingerprint density at radius 3 is 1.43 bits per heavy atom. The maximum atomic E-state index is 4.83. The van der Waals surface area contributed by atoms with Gasteiger partial charge in [-0.3, -0.25) is 0 Å². The second-order valence-corrected chi connectivity index (χ2v) is 2.74. The first-order chi connectivity index (χ1) is 6.86. The molecule has 0 fully saturated rings. The highest BCUT2D eigenvalue weighted by atomic mass is 16.5.